The van der Waals surface area contributed by atoms with Crippen LogP contribution in [0.3, 0.4) is 0 Å². The van der Waals surface area contributed by atoms with Gasteiger partial charge in [-0.05, 0) is 41.1 Å². The molecule has 0 unspecified atom stereocenters. The number of hydrogen-bond acceptors (Lipinski definition) is 5. The summed E-state index contributed by atoms with van der Waals surface area (Å²) in [7, 11) is 1.81. The van der Waals surface area contributed by atoms with E-state index in [0.29, 0.717) is 29.9 Å². The zero-order valence-corrected chi connectivity index (χ0v) is 14.1. The van der Waals surface area contributed by atoms with E-state index in [-0.39, 0.29) is 0 Å². The number of halogens is 2. The van der Waals surface area contributed by atoms with Gasteiger partial charge in [0, 0.05) is 29.2 Å². The molecule has 0 atom stereocenters. The van der Waals surface area contributed by atoms with Gasteiger partial charge >= 0.3 is 0 Å². The maximum atomic E-state index is 6.02. The van der Waals surface area contributed by atoms with Crippen LogP contribution in [0.4, 0.5) is 17.3 Å². The van der Waals surface area contributed by atoms with Crippen molar-refractivity contribution in [2.45, 2.75) is 13.5 Å². The molecular formula is C14H16BrClN4O. The van der Waals surface area contributed by atoms with Crippen molar-refractivity contribution < 1.29 is 4.74 Å². The summed E-state index contributed by atoms with van der Waals surface area (Å²) in [4.78, 5) is 8.78. The standard InChI is InChI=1S/C14H16BrClN4O/c1-3-21-8-14-19-12(17-2)7-13(20-14)18-11-6-9(16)4-5-10(11)15/h4-7H,3,8H2,1-2H3,(H2,17,18,19,20). The summed E-state index contributed by atoms with van der Waals surface area (Å²) in [5.74, 6) is 2.01. The van der Waals surface area contributed by atoms with Crippen LogP contribution >= 0.6 is 27.5 Å². The Morgan fingerprint density at radius 2 is 2.00 bits per heavy atom. The molecule has 2 aromatic rings. The molecule has 0 radical (unpaired) electrons. The summed E-state index contributed by atoms with van der Waals surface area (Å²) in [6.45, 7) is 2.93. The fraction of sp³-hybridized carbons (Fsp3) is 0.286. The molecule has 2 N–H and O–H groups in total. The van der Waals surface area contributed by atoms with Gasteiger partial charge in [-0.1, -0.05) is 11.6 Å². The van der Waals surface area contributed by atoms with E-state index in [1.807, 2.05) is 38.2 Å². The number of aromatic nitrogens is 2. The predicted molar refractivity (Wildman–Crippen MR) is 89.3 cm³/mol. The monoisotopic (exact) mass is 370 g/mol. The lowest BCUT2D eigenvalue weighted by atomic mass is 10.3. The van der Waals surface area contributed by atoms with Gasteiger partial charge in [-0.15, -0.1) is 0 Å². The van der Waals surface area contributed by atoms with Crippen LogP contribution in [0.1, 0.15) is 12.7 Å². The van der Waals surface area contributed by atoms with E-state index in [4.69, 9.17) is 16.3 Å². The summed E-state index contributed by atoms with van der Waals surface area (Å²) >= 11 is 9.49. The van der Waals surface area contributed by atoms with Gasteiger partial charge in [-0.2, -0.15) is 0 Å². The molecule has 1 heterocycles. The van der Waals surface area contributed by atoms with Crippen LogP contribution in [0.15, 0.2) is 28.7 Å². The van der Waals surface area contributed by atoms with Gasteiger partial charge in [-0.3, -0.25) is 0 Å². The van der Waals surface area contributed by atoms with Crippen LogP contribution in [0.5, 0.6) is 0 Å². The third kappa shape index (κ3) is 4.56. The van der Waals surface area contributed by atoms with Crippen LogP contribution in [0, 0.1) is 0 Å². The number of hydrogen-bond donors (Lipinski definition) is 2. The van der Waals surface area contributed by atoms with Crippen molar-refractivity contribution in [3.05, 3.63) is 39.6 Å². The summed E-state index contributed by atoms with van der Waals surface area (Å²) < 4.78 is 6.26. The quantitative estimate of drug-likeness (QED) is 0.796. The Morgan fingerprint density at radius 1 is 1.24 bits per heavy atom. The van der Waals surface area contributed by atoms with Crippen molar-refractivity contribution in [2.24, 2.45) is 0 Å². The lowest BCUT2D eigenvalue weighted by Gasteiger charge is -2.11. The van der Waals surface area contributed by atoms with Gasteiger partial charge in [0.15, 0.2) is 5.82 Å². The van der Waals surface area contributed by atoms with Gasteiger partial charge in [0.05, 0.1) is 5.69 Å². The second kappa shape index (κ2) is 7.59. The molecule has 1 aromatic carbocycles. The molecule has 0 aliphatic carbocycles. The lowest BCUT2D eigenvalue weighted by molar-refractivity contribution is 0.128. The molecule has 0 spiro atoms. The second-order valence-corrected chi connectivity index (χ2v) is 5.48. The number of anilines is 3. The first-order chi connectivity index (χ1) is 10.1. The predicted octanol–water partition coefficient (Wildman–Crippen LogP) is 4.21. The average Bonchev–Trinajstić information content (AvgIpc) is 2.48. The third-order valence-electron chi connectivity index (χ3n) is 2.66. The molecule has 1 aromatic heterocycles. The van der Waals surface area contributed by atoms with Gasteiger partial charge in [0.2, 0.25) is 0 Å². The first kappa shape index (κ1) is 16.0. The van der Waals surface area contributed by atoms with Gasteiger partial charge < -0.3 is 15.4 Å². The highest BCUT2D eigenvalue weighted by Gasteiger charge is 2.07. The van der Waals surface area contributed by atoms with E-state index in [0.717, 1.165) is 16.0 Å². The maximum absolute atomic E-state index is 6.02. The number of benzene rings is 1. The van der Waals surface area contributed by atoms with E-state index < -0.39 is 0 Å². The second-order valence-electron chi connectivity index (χ2n) is 4.19. The molecule has 0 amide bonds. The van der Waals surface area contributed by atoms with Crippen molar-refractivity contribution in [1.82, 2.24) is 9.97 Å². The summed E-state index contributed by atoms with van der Waals surface area (Å²) in [6.07, 6.45) is 0. The summed E-state index contributed by atoms with van der Waals surface area (Å²) in [5.41, 5.74) is 0.839. The Bertz CT molecular complexity index is 624. The Hall–Kier alpha value is -1.37. The van der Waals surface area contributed by atoms with Crippen molar-refractivity contribution in [3.63, 3.8) is 0 Å². The molecule has 0 saturated carbocycles. The fourth-order valence-electron chi connectivity index (χ4n) is 1.68. The van der Waals surface area contributed by atoms with Crippen LogP contribution in [0.2, 0.25) is 5.02 Å². The molecular weight excluding hydrogens is 356 g/mol. The number of rotatable bonds is 6. The van der Waals surface area contributed by atoms with E-state index in [1.54, 1.807) is 0 Å². The largest absolute Gasteiger partial charge is 0.374 e. The van der Waals surface area contributed by atoms with Gasteiger partial charge in [-0.25, -0.2) is 9.97 Å². The van der Waals surface area contributed by atoms with Crippen LogP contribution < -0.4 is 10.6 Å². The molecule has 5 nitrogen and oxygen atoms in total. The lowest BCUT2D eigenvalue weighted by Crippen LogP contribution is -2.05. The molecule has 0 saturated heterocycles. The van der Waals surface area contributed by atoms with Crippen molar-refractivity contribution in [2.75, 3.05) is 24.3 Å². The maximum Gasteiger partial charge on any atom is 0.158 e. The Labute approximate surface area is 137 Å². The van der Waals surface area contributed by atoms with E-state index >= 15 is 0 Å². The molecule has 0 bridgehead atoms. The number of ether oxygens (including phenoxy) is 1. The Balaban J connectivity index is 2.27. The van der Waals surface area contributed by atoms with E-state index in [9.17, 15) is 0 Å². The number of nitrogens with zero attached hydrogens (tertiary/aromatic N) is 2. The third-order valence-corrected chi connectivity index (χ3v) is 3.58. The first-order valence-corrected chi connectivity index (χ1v) is 7.65. The van der Waals surface area contributed by atoms with Gasteiger partial charge in [0.25, 0.3) is 0 Å². The molecule has 2 rings (SSSR count). The van der Waals surface area contributed by atoms with Crippen LogP contribution in [-0.2, 0) is 11.3 Å². The first-order valence-electron chi connectivity index (χ1n) is 6.48. The average molecular weight is 372 g/mol. The zero-order valence-electron chi connectivity index (χ0n) is 11.8. The number of nitrogens with one attached hydrogen (secondary N) is 2. The summed E-state index contributed by atoms with van der Waals surface area (Å²) in [5, 5.41) is 6.89. The molecule has 21 heavy (non-hydrogen) atoms. The van der Waals surface area contributed by atoms with Crippen molar-refractivity contribution in [1.29, 1.82) is 0 Å². The minimum atomic E-state index is 0.372. The van der Waals surface area contributed by atoms with Gasteiger partial charge in [0.1, 0.15) is 18.2 Å². The molecule has 0 aliphatic heterocycles. The normalized spacial score (nSPS) is 10.5. The summed E-state index contributed by atoms with van der Waals surface area (Å²) in [6, 6.07) is 7.35. The minimum absolute atomic E-state index is 0.372. The topological polar surface area (TPSA) is 59.1 Å². The molecule has 112 valence electrons. The van der Waals surface area contributed by atoms with E-state index in [1.165, 1.54) is 0 Å². The minimum Gasteiger partial charge on any atom is -0.374 e. The van der Waals surface area contributed by atoms with Crippen LogP contribution in [0.25, 0.3) is 0 Å². The smallest absolute Gasteiger partial charge is 0.158 e. The fourth-order valence-corrected chi connectivity index (χ4v) is 2.20. The van der Waals surface area contributed by atoms with Crippen LogP contribution in [-0.4, -0.2) is 23.6 Å². The zero-order chi connectivity index (χ0) is 15.2. The SMILES string of the molecule is CCOCc1nc(NC)cc(Nc2cc(Cl)ccc2Br)n1. The van der Waals surface area contributed by atoms with Crippen molar-refractivity contribution in [3.8, 4) is 0 Å². The highest BCUT2D eigenvalue weighted by Crippen LogP contribution is 2.28. The Kier molecular flexibility index (Phi) is 5.78. The molecule has 0 aliphatic rings. The van der Waals surface area contributed by atoms with E-state index in [2.05, 4.69) is 36.5 Å². The highest BCUT2D eigenvalue weighted by molar-refractivity contribution is 9.10. The molecule has 0 fully saturated rings. The Morgan fingerprint density at radius 3 is 2.71 bits per heavy atom. The molecule has 7 heteroatoms. The van der Waals surface area contributed by atoms with Crippen molar-refractivity contribution >= 4 is 44.9 Å². The highest BCUT2D eigenvalue weighted by atomic mass is 79.9.